The second-order valence-electron chi connectivity index (χ2n) is 6.58. The largest absolute Gasteiger partial charge is 0.494 e. The number of sulfonamides is 1. The summed E-state index contributed by atoms with van der Waals surface area (Å²) in [7, 11) is -3.70. The molecule has 0 aromatic heterocycles. The second-order valence-corrected chi connectivity index (χ2v) is 8.26. The zero-order valence-corrected chi connectivity index (χ0v) is 17.2. The minimum absolute atomic E-state index is 0.177. The van der Waals surface area contributed by atoms with Gasteiger partial charge in [0.2, 0.25) is 0 Å². The predicted molar refractivity (Wildman–Crippen MR) is 115 cm³/mol. The molecule has 0 spiro atoms. The van der Waals surface area contributed by atoms with Gasteiger partial charge in [-0.3, -0.25) is 4.72 Å². The van der Waals surface area contributed by atoms with E-state index in [2.05, 4.69) is 11.6 Å². The van der Waals surface area contributed by atoms with Crippen molar-refractivity contribution in [2.24, 2.45) is 0 Å². The molecule has 6 heteroatoms. The number of benzene rings is 3. The van der Waals surface area contributed by atoms with E-state index in [1.165, 1.54) is 0 Å². The Labute approximate surface area is 172 Å². The lowest BCUT2D eigenvalue weighted by Crippen LogP contribution is -2.13. The van der Waals surface area contributed by atoms with Gasteiger partial charge in [0.1, 0.15) is 18.1 Å². The molecular weight excluding hydrogens is 386 g/mol. The number of unbranched alkanes of at least 4 members (excludes halogenated alkanes) is 1. The molecule has 0 fully saturated rings. The highest BCUT2D eigenvalue weighted by atomic mass is 32.2. The van der Waals surface area contributed by atoms with Gasteiger partial charge in [0, 0.05) is 6.07 Å². The van der Waals surface area contributed by atoms with Crippen LogP contribution in [-0.2, 0) is 16.6 Å². The Morgan fingerprint density at radius 2 is 1.59 bits per heavy atom. The highest BCUT2D eigenvalue weighted by Crippen LogP contribution is 2.23. The van der Waals surface area contributed by atoms with Crippen molar-refractivity contribution >= 4 is 15.7 Å². The minimum atomic E-state index is -3.70. The van der Waals surface area contributed by atoms with Gasteiger partial charge in [-0.2, -0.15) is 0 Å². The fourth-order valence-electron chi connectivity index (χ4n) is 2.65. The summed E-state index contributed by atoms with van der Waals surface area (Å²) in [4.78, 5) is 0.177. The van der Waals surface area contributed by atoms with Crippen LogP contribution in [-0.4, -0.2) is 15.0 Å². The number of hydrogen-bond acceptors (Lipinski definition) is 4. The van der Waals surface area contributed by atoms with Crippen LogP contribution in [0.25, 0.3) is 0 Å². The third kappa shape index (κ3) is 6.26. The lowest BCUT2D eigenvalue weighted by molar-refractivity contribution is 0.306. The van der Waals surface area contributed by atoms with Crippen LogP contribution < -0.4 is 14.2 Å². The van der Waals surface area contributed by atoms with Crippen LogP contribution in [0.3, 0.4) is 0 Å². The highest BCUT2D eigenvalue weighted by molar-refractivity contribution is 7.92. The predicted octanol–water partition coefficient (Wildman–Crippen LogP) is 5.25. The topological polar surface area (TPSA) is 64.6 Å². The van der Waals surface area contributed by atoms with Gasteiger partial charge in [0.25, 0.3) is 10.0 Å². The maximum absolute atomic E-state index is 12.7. The molecule has 3 aromatic carbocycles. The van der Waals surface area contributed by atoms with Crippen molar-refractivity contribution in [2.75, 3.05) is 11.3 Å². The third-order valence-electron chi connectivity index (χ3n) is 4.24. The van der Waals surface area contributed by atoms with E-state index in [0.717, 1.165) is 18.4 Å². The van der Waals surface area contributed by atoms with E-state index in [0.29, 0.717) is 30.4 Å². The standard InChI is InChI=1S/C23H25NO4S/c1-2-3-16-27-21-12-14-23(15-13-21)29(25,26)24-20-10-7-11-22(17-20)28-18-19-8-5-4-6-9-19/h4-15,17,24H,2-3,16,18H2,1H3. The molecule has 0 aliphatic rings. The van der Waals surface area contributed by atoms with Crippen molar-refractivity contribution < 1.29 is 17.9 Å². The summed E-state index contributed by atoms with van der Waals surface area (Å²) < 4.78 is 39.3. The molecule has 0 amide bonds. The van der Waals surface area contributed by atoms with E-state index in [9.17, 15) is 8.42 Å². The zero-order valence-electron chi connectivity index (χ0n) is 16.4. The number of anilines is 1. The average Bonchev–Trinajstić information content (AvgIpc) is 2.74. The van der Waals surface area contributed by atoms with Gasteiger partial charge in [-0.15, -0.1) is 0 Å². The molecule has 3 aromatic rings. The second kappa shape index (κ2) is 9.98. The molecule has 152 valence electrons. The monoisotopic (exact) mass is 411 g/mol. The van der Waals surface area contributed by atoms with E-state index in [-0.39, 0.29) is 4.90 Å². The first-order valence-corrected chi connectivity index (χ1v) is 11.1. The number of nitrogens with one attached hydrogen (secondary N) is 1. The van der Waals surface area contributed by atoms with Gasteiger partial charge in [0.05, 0.1) is 17.2 Å². The molecule has 1 N–H and O–H groups in total. The van der Waals surface area contributed by atoms with E-state index < -0.39 is 10.0 Å². The van der Waals surface area contributed by atoms with Crippen molar-refractivity contribution in [1.82, 2.24) is 0 Å². The lowest BCUT2D eigenvalue weighted by atomic mass is 10.2. The van der Waals surface area contributed by atoms with E-state index in [4.69, 9.17) is 9.47 Å². The van der Waals surface area contributed by atoms with Gasteiger partial charge in [0.15, 0.2) is 0 Å². The summed E-state index contributed by atoms with van der Waals surface area (Å²) in [5.74, 6) is 1.25. The lowest BCUT2D eigenvalue weighted by Gasteiger charge is -2.11. The molecule has 0 bridgehead atoms. The Morgan fingerprint density at radius 3 is 2.31 bits per heavy atom. The van der Waals surface area contributed by atoms with Crippen molar-refractivity contribution in [3.63, 3.8) is 0 Å². The molecule has 0 radical (unpaired) electrons. The molecule has 0 unspecified atom stereocenters. The summed E-state index contributed by atoms with van der Waals surface area (Å²) in [5.41, 5.74) is 1.48. The van der Waals surface area contributed by atoms with Gasteiger partial charge >= 0.3 is 0 Å². The Hall–Kier alpha value is -2.99. The van der Waals surface area contributed by atoms with Gasteiger partial charge < -0.3 is 9.47 Å². The summed E-state index contributed by atoms with van der Waals surface area (Å²) in [6, 6.07) is 23.1. The first-order chi connectivity index (χ1) is 14.1. The molecule has 0 saturated carbocycles. The summed E-state index contributed by atoms with van der Waals surface area (Å²) >= 11 is 0. The van der Waals surface area contributed by atoms with Crippen molar-refractivity contribution in [3.8, 4) is 11.5 Å². The first kappa shape index (κ1) is 20.7. The Balaban J connectivity index is 1.63. The smallest absolute Gasteiger partial charge is 0.261 e. The van der Waals surface area contributed by atoms with Crippen molar-refractivity contribution in [3.05, 3.63) is 84.4 Å². The molecule has 0 aliphatic heterocycles. The molecule has 0 atom stereocenters. The normalized spacial score (nSPS) is 11.1. The number of rotatable bonds is 10. The summed E-state index contributed by atoms with van der Waals surface area (Å²) in [6.07, 6.45) is 2.01. The van der Waals surface area contributed by atoms with Crippen LogP contribution in [0.4, 0.5) is 5.69 Å². The van der Waals surface area contributed by atoms with Crippen LogP contribution in [0, 0.1) is 0 Å². The fourth-order valence-corrected chi connectivity index (χ4v) is 3.70. The maximum atomic E-state index is 12.7. The van der Waals surface area contributed by atoms with Crippen LogP contribution in [0.15, 0.2) is 83.8 Å². The average molecular weight is 412 g/mol. The Kier molecular flexibility index (Phi) is 7.14. The molecule has 29 heavy (non-hydrogen) atoms. The molecular formula is C23H25NO4S. The van der Waals surface area contributed by atoms with Gasteiger partial charge in [-0.05, 0) is 48.4 Å². The van der Waals surface area contributed by atoms with Crippen LogP contribution in [0.2, 0.25) is 0 Å². The molecule has 0 aliphatic carbocycles. The highest BCUT2D eigenvalue weighted by Gasteiger charge is 2.14. The van der Waals surface area contributed by atoms with Crippen LogP contribution in [0.1, 0.15) is 25.3 Å². The first-order valence-electron chi connectivity index (χ1n) is 9.59. The molecule has 0 saturated heterocycles. The number of ether oxygens (including phenoxy) is 2. The van der Waals surface area contributed by atoms with E-state index in [1.807, 2.05) is 30.3 Å². The van der Waals surface area contributed by atoms with Crippen molar-refractivity contribution in [1.29, 1.82) is 0 Å². The fraction of sp³-hybridized carbons (Fsp3) is 0.217. The Morgan fingerprint density at radius 1 is 0.828 bits per heavy atom. The SMILES string of the molecule is CCCCOc1ccc(S(=O)(=O)Nc2cccc(OCc3ccccc3)c2)cc1. The maximum Gasteiger partial charge on any atom is 0.261 e. The van der Waals surface area contributed by atoms with Gasteiger partial charge in [-0.25, -0.2) is 8.42 Å². The summed E-state index contributed by atoms with van der Waals surface area (Å²) in [5, 5.41) is 0. The van der Waals surface area contributed by atoms with Gasteiger partial charge in [-0.1, -0.05) is 49.7 Å². The summed E-state index contributed by atoms with van der Waals surface area (Å²) in [6.45, 7) is 3.12. The van der Waals surface area contributed by atoms with Crippen LogP contribution >= 0.6 is 0 Å². The number of hydrogen-bond donors (Lipinski definition) is 1. The molecule has 3 rings (SSSR count). The molecule has 0 heterocycles. The quantitative estimate of drug-likeness (QED) is 0.463. The Bertz CT molecular complexity index is 1000. The van der Waals surface area contributed by atoms with E-state index >= 15 is 0 Å². The van der Waals surface area contributed by atoms with Crippen LogP contribution in [0.5, 0.6) is 11.5 Å². The minimum Gasteiger partial charge on any atom is -0.494 e. The van der Waals surface area contributed by atoms with Crippen molar-refractivity contribution in [2.45, 2.75) is 31.3 Å². The third-order valence-corrected chi connectivity index (χ3v) is 5.63. The zero-order chi connectivity index (χ0) is 20.5. The molecule has 5 nitrogen and oxygen atoms in total. The van der Waals surface area contributed by atoms with E-state index in [1.54, 1.807) is 48.5 Å².